The normalized spacial score (nSPS) is 13.9. The van der Waals surface area contributed by atoms with Crippen molar-refractivity contribution in [2.45, 2.75) is 51.8 Å². The monoisotopic (exact) mass is 240 g/mol. The zero-order valence-electron chi connectivity index (χ0n) is 11.5. The van der Waals surface area contributed by atoms with Gasteiger partial charge in [0.15, 0.2) is 0 Å². The summed E-state index contributed by atoms with van der Waals surface area (Å²) >= 11 is 0. The first-order chi connectivity index (χ1) is 8.18. The lowest BCUT2D eigenvalue weighted by Gasteiger charge is -2.38. The second-order valence-corrected chi connectivity index (χ2v) is 4.17. The van der Waals surface area contributed by atoms with E-state index < -0.39 is 0 Å². The Morgan fingerprint density at radius 2 is 2.06 bits per heavy atom. The van der Waals surface area contributed by atoms with E-state index in [0.717, 1.165) is 25.1 Å². The Morgan fingerprint density at radius 3 is 2.47 bits per heavy atom. The Kier molecular flexibility index (Phi) is 5.08. The van der Waals surface area contributed by atoms with Crippen LogP contribution in [0.3, 0.4) is 0 Å². The summed E-state index contributed by atoms with van der Waals surface area (Å²) in [5.41, 5.74) is 0.879. The Hall–Kier alpha value is -0.940. The average molecular weight is 240 g/mol. The van der Waals surface area contributed by atoms with E-state index in [9.17, 15) is 0 Å². The fourth-order valence-electron chi connectivity index (χ4n) is 2.48. The van der Waals surface area contributed by atoms with Crippen LogP contribution < -0.4 is 5.32 Å². The molecule has 1 rings (SSSR count). The molecule has 1 unspecified atom stereocenters. The molecule has 0 amide bonds. The van der Waals surface area contributed by atoms with Gasteiger partial charge in [0, 0.05) is 13.7 Å². The van der Waals surface area contributed by atoms with Crippen LogP contribution in [0, 0.1) is 0 Å². The molecular weight excluding hydrogens is 216 g/mol. The third-order valence-electron chi connectivity index (χ3n) is 3.66. The van der Waals surface area contributed by atoms with Crippen LogP contribution in [0.25, 0.3) is 0 Å². The van der Waals surface area contributed by atoms with Gasteiger partial charge in [0.2, 0.25) is 0 Å². The molecule has 0 aliphatic carbocycles. The lowest BCUT2D eigenvalue weighted by molar-refractivity contribution is -0.0488. The summed E-state index contributed by atoms with van der Waals surface area (Å²) < 4.78 is 7.70. The van der Waals surface area contributed by atoms with Gasteiger partial charge in [-0.05, 0) is 26.8 Å². The van der Waals surface area contributed by atoms with E-state index in [1.54, 1.807) is 7.11 Å². The molecule has 0 aliphatic rings. The molecule has 0 saturated heterocycles. The van der Waals surface area contributed by atoms with Gasteiger partial charge in [-0.3, -0.25) is 0 Å². The third kappa shape index (κ3) is 2.50. The molecule has 0 aliphatic heterocycles. The Balaban J connectivity index is 3.13. The molecule has 1 aromatic heterocycles. The van der Waals surface area contributed by atoms with Crippen molar-refractivity contribution in [3.05, 3.63) is 11.9 Å². The van der Waals surface area contributed by atoms with Crippen LogP contribution in [0.15, 0.2) is 6.20 Å². The maximum Gasteiger partial charge on any atom is 0.0883 e. The smallest absolute Gasteiger partial charge is 0.0883 e. The zero-order chi connectivity index (χ0) is 12.9. The molecule has 1 N–H and O–H groups in total. The molecule has 1 aromatic rings. The van der Waals surface area contributed by atoms with E-state index in [-0.39, 0.29) is 11.6 Å². The summed E-state index contributed by atoms with van der Waals surface area (Å²) in [7, 11) is 3.73. The number of rotatable bonds is 7. The summed E-state index contributed by atoms with van der Waals surface area (Å²) in [6.45, 7) is 7.19. The minimum atomic E-state index is -0.205. The minimum absolute atomic E-state index is 0.109. The molecule has 0 spiro atoms. The third-order valence-corrected chi connectivity index (χ3v) is 3.66. The number of hydrogen-bond acceptors (Lipinski definition) is 4. The van der Waals surface area contributed by atoms with E-state index in [1.807, 2.05) is 17.9 Å². The van der Waals surface area contributed by atoms with Gasteiger partial charge in [-0.25, -0.2) is 4.68 Å². The van der Waals surface area contributed by atoms with Gasteiger partial charge >= 0.3 is 0 Å². The second kappa shape index (κ2) is 6.12. The van der Waals surface area contributed by atoms with Crippen LogP contribution in [-0.2, 0) is 11.3 Å². The highest BCUT2D eigenvalue weighted by Crippen LogP contribution is 2.34. The van der Waals surface area contributed by atoms with Crippen LogP contribution in [0.5, 0.6) is 0 Å². The number of hydrogen-bond donors (Lipinski definition) is 1. The average Bonchev–Trinajstić information content (AvgIpc) is 2.84. The van der Waals surface area contributed by atoms with Gasteiger partial charge in [-0.2, -0.15) is 0 Å². The summed E-state index contributed by atoms with van der Waals surface area (Å²) in [5, 5.41) is 11.4. The van der Waals surface area contributed by atoms with Gasteiger partial charge in [-0.15, -0.1) is 5.10 Å². The number of nitrogens with zero attached hydrogens (tertiary/aromatic N) is 3. The number of methoxy groups -OCH3 is 1. The Bertz CT molecular complexity index is 325. The molecule has 98 valence electrons. The summed E-state index contributed by atoms with van der Waals surface area (Å²) in [5.74, 6) is 0. The molecule has 5 heteroatoms. The number of likely N-dealkylation sites (N-methyl/N-ethyl adjacent to an activating group) is 1. The van der Waals surface area contributed by atoms with Crippen molar-refractivity contribution in [1.29, 1.82) is 0 Å². The first-order valence-electron chi connectivity index (χ1n) is 6.29. The van der Waals surface area contributed by atoms with Crippen LogP contribution in [0.1, 0.15) is 45.3 Å². The van der Waals surface area contributed by atoms with Gasteiger partial charge in [0.1, 0.15) is 0 Å². The van der Waals surface area contributed by atoms with Crippen molar-refractivity contribution in [2.75, 3.05) is 14.2 Å². The molecule has 0 bridgehead atoms. The van der Waals surface area contributed by atoms with E-state index >= 15 is 0 Å². The maximum atomic E-state index is 5.78. The highest BCUT2D eigenvalue weighted by atomic mass is 16.5. The molecule has 1 atom stereocenters. The minimum Gasteiger partial charge on any atom is -0.376 e. The van der Waals surface area contributed by atoms with Crippen LogP contribution in [0.2, 0.25) is 0 Å². The van der Waals surface area contributed by atoms with Gasteiger partial charge < -0.3 is 10.1 Å². The van der Waals surface area contributed by atoms with E-state index in [0.29, 0.717) is 0 Å². The Morgan fingerprint density at radius 1 is 1.41 bits per heavy atom. The molecule has 0 radical (unpaired) electrons. The van der Waals surface area contributed by atoms with Gasteiger partial charge in [-0.1, -0.05) is 19.1 Å². The predicted molar refractivity (Wildman–Crippen MR) is 67.8 cm³/mol. The van der Waals surface area contributed by atoms with Gasteiger partial charge in [0.05, 0.1) is 23.5 Å². The first kappa shape index (κ1) is 14.1. The Labute approximate surface area is 104 Å². The lowest BCUT2D eigenvalue weighted by atomic mass is 9.86. The summed E-state index contributed by atoms with van der Waals surface area (Å²) in [4.78, 5) is 0. The van der Waals surface area contributed by atoms with Gasteiger partial charge in [0.25, 0.3) is 0 Å². The molecule has 0 aromatic carbocycles. The largest absolute Gasteiger partial charge is 0.376 e. The number of aromatic nitrogens is 3. The van der Waals surface area contributed by atoms with Crippen LogP contribution >= 0.6 is 0 Å². The predicted octanol–water partition coefficient (Wildman–Crippen LogP) is 1.76. The molecule has 0 saturated carbocycles. The van der Waals surface area contributed by atoms with Crippen molar-refractivity contribution in [3.63, 3.8) is 0 Å². The molecule has 0 fully saturated rings. The number of aryl methyl sites for hydroxylation is 1. The standard InChI is InChI=1S/C12H24N4O/c1-6-12(7-2,17-5)11(13-4)10-9-14-15-16(10)8-3/h9,11,13H,6-8H2,1-5H3. The van der Waals surface area contributed by atoms with E-state index in [1.165, 1.54) is 0 Å². The van der Waals surface area contributed by atoms with Crippen LogP contribution in [-0.4, -0.2) is 34.8 Å². The van der Waals surface area contributed by atoms with Crippen LogP contribution in [0.4, 0.5) is 0 Å². The molecule has 5 nitrogen and oxygen atoms in total. The SMILES string of the molecule is CCn1nncc1C(NC)C(CC)(CC)OC. The molecule has 1 heterocycles. The van der Waals surface area contributed by atoms with Crippen molar-refractivity contribution >= 4 is 0 Å². The second-order valence-electron chi connectivity index (χ2n) is 4.17. The molecule has 17 heavy (non-hydrogen) atoms. The highest BCUT2D eigenvalue weighted by molar-refractivity contribution is 5.10. The van der Waals surface area contributed by atoms with E-state index in [4.69, 9.17) is 4.74 Å². The van der Waals surface area contributed by atoms with Crippen molar-refractivity contribution < 1.29 is 4.74 Å². The summed E-state index contributed by atoms with van der Waals surface area (Å²) in [6.07, 6.45) is 3.71. The zero-order valence-corrected chi connectivity index (χ0v) is 11.5. The van der Waals surface area contributed by atoms with Crippen molar-refractivity contribution in [2.24, 2.45) is 0 Å². The highest BCUT2D eigenvalue weighted by Gasteiger charge is 2.37. The van der Waals surface area contributed by atoms with E-state index in [2.05, 4.69) is 36.4 Å². The summed E-state index contributed by atoms with van der Waals surface area (Å²) in [6, 6.07) is 0.109. The quantitative estimate of drug-likeness (QED) is 0.789. The molecular formula is C12H24N4O. The first-order valence-corrected chi connectivity index (χ1v) is 6.29. The fourth-order valence-corrected chi connectivity index (χ4v) is 2.48. The lowest BCUT2D eigenvalue weighted by Crippen LogP contribution is -2.44. The van der Waals surface area contributed by atoms with Crippen molar-refractivity contribution in [3.8, 4) is 0 Å². The maximum absolute atomic E-state index is 5.78. The number of ether oxygens (including phenoxy) is 1. The van der Waals surface area contributed by atoms with Crippen molar-refractivity contribution in [1.82, 2.24) is 20.3 Å². The fraction of sp³-hybridized carbons (Fsp3) is 0.833. The topological polar surface area (TPSA) is 52.0 Å². The number of nitrogens with one attached hydrogen (secondary N) is 1.